The zero-order valence-electron chi connectivity index (χ0n) is 53.1. The second-order valence-electron chi connectivity index (χ2n) is 24.6. The lowest BCUT2D eigenvalue weighted by Gasteiger charge is -2.34. The second-order valence-corrected chi connectivity index (χ2v) is 25.6. The van der Waals surface area contributed by atoms with Crippen molar-refractivity contribution in [3.05, 3.63) is 323 Å². The SMILES string of the molecule is COc1ccc(C2(c3ccc(OC)cc3)c3ccccc3-c3c(-c4sc(-c5cccc6c5-c5ccccc5C6(c5ccc(OC)cc5)c5ccc(OC)cc5)c5nc6c7ccc(-c8ccc(C(=O)O)cc8)cc7c7cc(-c8ccc(C(=O)O)cc8)ccc7c6nc45)cccc32)cc1. The number of hydrogen-bond acceptors (Lipinski definition) is 9. The van der Waals surface area contributed by atoms with E-state index in [0.29, 0.717) is 11.0 Å². The van der Waals surface area contributed by atoms with E-state index in [9.17, 15) is 19.8 Å². The average molecular weight is 1280 g/mol. The van der Waals surface area contributed by atoms with Gasteiger partial charge < -0.3 is 29.2 Å². The molecule has 0 saturated carbocycles. The lowest BCUT2D eigenvalue weighted by atomic mass is 9.67. The minimum atomic E-state index is -0.998. The van der Waals surface area contributed by atoms with Crippen molar-refractivity contribution in [3.63, 3.8) is 0 Å². The molecule has 2 aliphatic carbocycles. The molecule has 2 aliphatic rings. The van der Waals surface area contributed by atoms with E-state index >= 15 is 0 Å². The van der Waals surface area contributed by atoms with Crippen LogP contribution in [0, 0.1) is 0 Å². The van der Waals surface area contributed by atoms with Crippen molar-refractivity contribution in [2.75, 3.05) is 28.4 Å². The molecule has 2 N–H and O–H groups in total. The number of rotatable bonds is 14. The number of methoxy groups -OCH3 is 4. The molecule has 0 aliphatic heterocycles. The normalized spacial score (nSPS) is 13.1. The fourth-order valence-electron chi connectivity index (χ4n) is 15.6. The van der Waals surface area contributed by atoms with E-state index in [1.165, 1.54) is 0 Å². The molecule has 0 fully saturated rings. The fraction of sp³-hybridized carbons (Fsp3) is 0.0698. The van der Waals surface area contributed by atoms with Gasteiger partial charge in [0.25, 0.3) is 0 Å². The van der Waals surface area contributed by atoms with Crippen molar-refractivity contribution in [1.82, 2.24) is 9.97 Å². The molecule has 0 radical (unpaired) electrons. The quantitative estimate of drug-likeness (QED) is 0.101. The number of carboxylic acids is 2. The van der Waals surface area contributed by atoms with Crippen LogP contribution >= 0.6 is 11.3 Å². The Hall–Kier alpha value is -12.2. The summed E-state index contributed by atoms with van der Waals surface area (Å²) in [6.45, 7) is 0. The molecule has 0 saturated heterocycles. The van der Waals surface area contributed by atoms with Crippen LogP contribution in [0.15, 0.2) is 267 Å². The molecule has 97 heavy (non-hydrogen) atoms. The molecule has 2 aromatic heterocycles. The maximum absolute atomic E-state index is 12.1. The Labute approximate surface area is 562 Å². The van der Waals surface area contributed by atoms with Crippen LogP contribution in [-0.4, -0.2) is 60.6 Å². The first-order chi connectivity index (χ1) is 47.5. The molecule has 0 unspecified atom stereocenters. The monoisotopic (exact) mass is 1280 g/mol. The molecule has 0 atom stereocenters. The number of nitrogens with zero attached hydrogens (tertiary/aromatic N) is 2. The van der Waals surface area contributed by atoms with Gasteiger partial charge in [0, 0.05) is 21.9 Å². The van der Waals surface area contributed by atoms with Gasteiger partial charge in [-0.3, -0.25) is 0 Å². The topological polar surface area (TPSA) is 137 Å². The number of aromatic carboxylic acids is 2. The Kier molecular flexibility index (Phi) is 13.8. The Morgan fingerprint density at radius 3 is 0.959 bits per heavy atom. The predicted octanol–water partition coefficient (Wildman–Crippen LogP) is 20.0. The summed E-state index contributed by atoms with van der Waals surface area (Å²) in [7, 11) is 6.79. The summed E-state index contributed by atoms with van der Waals surface area (Å²) in [6.07, 6.45) is 0. The Balaban J connectivity index is 0.994. The molecule has 2 heterocycles. The van der Waals surface area contributed by atoms with Gasteiger partial charge in [-0.1, -0.05) is 182 Å². The van der Waals surface area contributed by atoms with Crippen molar-refractivity contribution in [2.24, 2.45) is 0 Å². The maximum Gasteiger partial charge on any atom is 0.335 e. The van der Waals surface area contributed by atoms with E-state index in [1.807, 2.05) is 72.8 Å². The van der Waals surface area contributed by atoms with Crippen LogP contribution in [0.25, 0.3) is 109 Å². The first-order valence-electron chi connectivity index (χ1n) is 31.9. The number of ether oxygens (including phenoxy) is 4. The lowest BCUT2D eigenvalue weighted by Crippen LogP contribution is -2.28. The summed E-state index contributed by atoms with van der Waals surface area (Å²) in [5.41, 5.74) is 20.5. The summed E-state index contributed by atoms with van der Waals surface area (Å²) in [5, 5.41) is 23.4. The van der Waals surface area contributed by atoms with Crippen molar-refractivity contribution >= 4 is 66.9 Å². The van der Waals surface area contributed by atoms with Crippen LogP contribution in [0.3, 0.4) is 0 Å². The third-order valence-corrected chi connectivity index (χ3v) is 21.3. The fourth-order valence-corrected chi connectivity index (χ4v) is 16.8. The van der Waals surface area contributed by atoms with Gasteiger partial charge in [-0.2, -0.15) is 0 Å². The van der Waals surface area contributed by atoms with Crippen molar-refractivity contribution in [3.8, 4) is 88.4 Å². The van der Waals surface area contributed by atoms with E-state index in [-0.39, 0.29) is 11.1 Å². The van der Waals surface area contributed by atoms with Crippen LogP contribution in [0.5, 0.6) is 23.0 Å². The molecular weight excluding hydrogens is 1220 g/mol. The Morgan fingerprint density at radius 1 is 0.320 bits per heavy atom. The highest BCUT2D eigenvalue weighted by molar-refractivity contribution is 7.21. The second kappa shape index (κ2) is 22.8. The first kappa shape index (κ1) is 58.6. The van der Waals surface area contributed by atoms with E-state index in [2.05, 4.69) is 170 Å². The number of benzene rings is 13. The number of thiophene rings is 1. The summed E-state index contributed by atoms with van der Waals surface area (Å²) in [5.74, 6) is 1.05. The van der Waals surface area contributed by atoms with Gasteiger partial charge >= 0.3 is 11.9 Å². The molecule has 15 aromatic rings. The molecule has 466 valence electrons. The molecule has 13 aromatic carbocycles. The summed E-state index contributed by atoms with van der Waals surface area (Å²) >= 11 is 1.72. The van der Waals surface area contributed by atoms with Gasteiger partial charge in [-0.15, -0.1) is 11.3 Å². The largest absolute Gasteiger partial charge is 0.497 e. The van der Waals surface area contributed by atoms with Crippen LogP contribution in [0.1, 0.15) is 65.2 Å². The highest BCUT2D eigenvalue weighted by Crippen LogP contribution is 2.63. The molecule has 10 nitrogen and oxygen atoms in total. The maximum atomic E-state index is 12.1. The van der Waals surface area contributed by atoms with Gasteiger partial charge in [0.05, 0.1) is 71.2 Å². The molecule has 0 amide bonds. The minimum Gasteiger partial charge on any atom is -0.497 e. The van der Waals surface area contributed by atoms with Gasteiger partial charge in [0.2, 0.25) is 0 Å². The van der Waals surface area contributed by atoms with E-state index in [1.54, 1.807) is 64.0 Å². The zero-order valence-corrected chi connectivity index (χ0v) is 53.9. The van der Waals surface area contributed by atoms with Crippen LogP contribution in [-0.2, 0) is 10.8 Å². The van der Waals surface area contributed by atoms with E-state index in [0.717, 1.165) is 165 Å². The van der Waals surface area contributed by atoms with Crippen molar-refractivity contribution < 1.29 is 38.7 Å². The zero-order chi connectivity index (χ0) is 65.8. The van der Waals surface area contributed by atoms with Crippen LogP contribution in [0.4, 0.5) is 0 Å². The molecular formula is C86H58N2O8S. The number of fused-ring (bicyclic) bond motifs is 13. The highest BCUT2D eigenvalue weighted by Gasteiger charge is 2.49. The third-order valence-electron chi connectivity index (χ3n) is 20.0. The molecule has 17 rings (SSSR count). The molecule has 11 heteroatoms. The Bertz CT molecular complexity index is 5280. The Morgan fingerprint density at radius 2 is 0.629 bits per heavy atom. The highest BCUT2D eigenvalue weighted by atomic mass is 32.1. The average Bonchev–Trinajstić information content (AvgIpc) is 1.54. The summed E-state index contributed by atoms with van der Waals surface area (Å²) in [4.78, 5) is 38.2. The summed E-state index contributed by atoms with van der Waals surface area (Å²) in [6, 6.07) is 91.5. The van der Waals surface area contributed by atoms with Gasteiger partial charge in [-0.05, 0) is 185 Å². The van der Waals surface area contributed by atoms with Crippen molar-refractivity contribution in [1.29, 1.82) is 0 Å². The van der Waals surface area contributed by atoms with Crippen LogP contribution < -0.4 is 18.9 Å². The van der Waals surface area contributed by atoms with Gasteiger partial charge in [0.15, 0.2) is 0 Å². The van der Waals surface area contributed by atoms with Gasteiger partial charge in [0.1, 0.15) is 34.0 Å². The van der Waals surface area contributed by atoms with Gasteiger partial charge in [-0.25, -0.2) is 19.6 Å². The van der Waals surface area contributed by atoms with Crippen molar-refractivity contribution in [2.45, 2.75) is 10.8 Å². The molecule has 0 spiro atoms. The third kappa shape index (κ3) is 8.85. The number of aromatic nitrogens is 2. The first-order valence-corrected chi connectivity index (χ1v) is 32.7. The number of carboxylic acid groups (broad SMARTS) is 2. The van der Waals surface area contributed by atoms with Crippen LogP contribution in [0.2, 0.25) is 0 Å². The number of carbonyl (C=O) groups is 2. The summed E-state index contributed by atoms with van der Waals surface area (Å²) < 4.78 is 23.2. The number of hydrogen-bond donors (Lipinski definition) is 2. The predicted molar refractivity (Wildman–Crippen MR) is 386 cm³/mol. The standard InChI is InChI=1S/C86H58N2O8S/c1-93-59-37-29-55(30-38-59)85(56-31-39-60(94-2)40-32-56)71-15-7-5-11-65(71)75-67(13-9-17-73(75)85)81-79-80(82(97-81)68-14-10-18-74-76(68)66-12-6-8-16-72(66)86(74,57-33-41-61(95-3)42-34-57)58-35-43-62(96-4)44-36-58)88-78-64-46-28-54(50-21-25-52(26-22-50)84(91)92)48-70(64)69-47-53(27-45-63(69)77(78)87-79)49-19-23-51(24-20-49)83(89)90/h5-48H,1-4H3,(H,89,90)(H,91,92). The van der Waals surface area contributed by atoms with E-state index in [4.69, 9.17) is 28.9 Å². The minimum absolute atomic E-state index is 0.197. The molecule has 0 bridgehead atoms. The lowest BCUT2D eigenvalue weighted by molar-refractivity contribution is 0.0686. The smallest absolute Gasteiger partial charge is 0.335 e. The van der Waals surface area contributed by atoms with E-state index < -0.39 is 22.8 Å².